The molecule has 0 bridgehead atoms. The van der Waals surface area contributed by atoms with Gasteiger partial charge < -0.3 is 0 Å². The minimum absolute atomic E-state index is 0.509. The molecule has 0 aromatic heterocycles. The number of fused-ring (bicyclic) bond motifs is 4. The molecule has 0 saturated heterocycles. The molecule has 0 atom stereocenters. The Kier molecular flexibility index (Phi) is 10.8. The zero-order valence-electron chi connectivity index (χ0n) is 24.1. The maximum atomic E-state index is 4.93. The molecule has 1 aliphatic heterocycles. The zero-order valence-corrected chi connectivity index (χ0v) is 29.1. The van der Waals surface area contributed by atoms with E-state index < -0.39 is 20.8 Å². The minimum Gasteiger partial charge on any atom is -0.184 e. The first-order chi connectivity index (χ1) is 20.5. The van der Waals surface area contributed by atoms with Gasteiger partial charge in [-0.1, -0.05) is 128 Å². The molecule has 42 heavy (non-hydrogen) atoms. The fourth-order valence-corrected chi connectivity index (χ4v) is 7.00. The first-order valence-electron chi connectivity index (χ1n) is 14.3. The maximum absolute atomic E-state index is 4.93. The summed E-state index contributed by atoms with van der Waals surface area (Å²) in [5.41, 5.74) is 11.0. The second-order valence-corrected chi connectivity index (χ2v) is 15.5. The van der Waals surface area contributed by atoms with Crippen LogP contribution in [0.2, 0.25) is 0 Å². The van der Waals surface area contributed by atoms with E-state index in [1.165, 1.54) is 65.7 Å². The summed E-state index contributed by atoms with van der Waals surface area (Å²) >= 11 is -0.826. The average Bonchev–Trinajstić information content (AvgIpc) is 3.64. The Balaban J connectivity index is 0.000000183. The number of rotatable bonds is 4. The molecule has 0 amide bonds. The third-order valence-corrected chi connectivity index (χ3v) is 9.02. The van der Waals surface area contributed by atoms with Crippen molar-refractivity contribution in [1.29, 1.82) is 0 Å². The predicted octanol–water partition coefficient (Wildman–Crippen LogP) is 10.1. The molecule has 0 saturated carbocycles. The third kappa shape index (κ3) is 6.79. The van der Waals surface area contributed by atoms with E-state index in [9.17, 15) is 0 Å². The average molecular weight is 679 g/mol. The molecule has 2 radical (unpaired) electrons. The molecule has 0 nitrogen and oxygen atoms in total. The SMILES string of the molecule is CCc1ccc2[cH-]c(-c3ccccc3)cc2c1-c1ccccc1C(C)C.[Cl][Zr+2][Cl].[c-]1cccc2c1[Si]c1ccccc1-2. The van der Waals surface area contributed by atoms with Crippen molar-refractivity contribution >= 4 is 47.7 Å². The van der Waals surface area contributed by atoms with Gasteiger partial charge in [-0.15, -0.1) is 40.1 Å². The molecule has 6 aromatic carbocycles. The van der Waals surface area contributed by atoms with E-state index >= 15 is 0 Å². The van der Waals surface area contributed by atoms with Gasteiger partial charge in [0.2, 0.25) is 0 Å². The van der Waals surface area contributed by atoms with Gasteiger partial charge in [-0.2, -0.15) is 29.5 Å². The topological polar surface area (TPSA) is 0 Å². The Hall–Kier alpha value is -2.61. The summed E-state index contributed by atoms with van der Waals surface area (Å²) in [5, 5.41) is 5.52. The van der Waals surface area contributed by atoms with Crippen LogP contribution in [0, 0.1) is 6.07 Å². The molecule has 0 spiro atoms. The van der Waals surface area contributed by atoms with Gasteiger partial charge in [0.15, 0.2) is 0 Å². The van der Waals surface area contributed by atoms with Crippen molar-refractivity contribution < 1.29 is 20.8 Å². The summed E-state index contributed by atoms with van der Waals surface area (Å²) in [4.78, 5) is 0. The molecule has 1 heterocycles. The van der Waals surface area contributed by atoms with E-state index in [2.05, 4.69) is 142 Å². The van der Waals surface area contributed by atoms with Crippen LogP contribution in [0.15, 0.2) is 121 Å². The molecule has 0 aliphatic carbocycles. The minimum atomic E-state index is -0.826. The molecule has 4 heteroatoms. The van der Waals surface area contributed by atoms with Crippen LogP contribution in [-0.4, -0.2) is 9.52 Å². The summed E-state index contributed by atoms with van der Waals surface area (Å²) in [6.07, 6.45) is 1.05. The fraction of sp³-hybridized carbons (Fsp3) is 0.132. The second kappa shape index (κ2) is 14.7. The fourth-order valence-electron chi connectivity index (χ4n) is 5.69. The molecular formula is C38H32Cl2SiZr. The van der Waals surface area contributed by atoms with Crippen molar-refractivity contribution in [2.24, 2.45) is 0 Å². The van der Waals surface area contributed by atoms with Gasteiger partial charge in [-0.25, -0.2) is 0 Å². The Morgan fingerprint density at radius 3 is 2.19 bits per heavy atom. The number of hydrogen-bond acceptors (Lipinski definition) is 0. The van der Waals surface area contributed by atoms with Crippen LogP contribution in [0.1, 0.15) is 37.8 Å². The van der Waals surface area contributed by atoms with Crippen molar-refractivity contribution in [1.82, 2.24) is 0 Å². The molecule has 0 unspecified atom stereocenters. The quantitative estimate of drug-likeness (QED) is 0.128. The van der Waals surface area contributed by atoms with Gasteiger partial charge >= 0.3 is 37.9 Å². The molecule has 0 N–H and O–H groups in total. The maximum Gasteiger partial charge on any atom is 0.0920 e. The van der Waals surface area contributed by atoms with Gasteiger partial charge in [-0.3, -0.25) is 0 Å². The van der Waals surface area contributed by atoms with Crippen LogP contribution < -0.4 is 10.4 Å². The van der Waals surface area contributed by atoms with Gasteiger partial charge in [0, 0.05) is 0 Å². The molecule has 1 aliphatic rings. The zero-order chi connectivity index (χ0) is 29.5. The Morgan fingerprint density at radius 2 is 1.45 bits per heavy atom. The summed E-state index contributed by atoms with van der Waals surface area (Å²) < 4.78 is 0. The van der Waals surface area contributed by atoms with Crippen LogP contribution in [0.3, 0.4) is 0 Å². The van der Waals surface area contributed by atoms with Gasteiger partial charge in [0.25, 0.3) is 0 Å². The van der Waals surface area contributed by atoms with E-state index in [1.807, 2.05) is 6.07 Å². The first-order valence-corrected chi connectivity index (χ1v) is 21.6. The smallest absolute Gasteiger partial charge is 0.0920 e. The molecule has 7 rings (SSSR count). The van der Waals surface area contributed by atoms with E-state index in [0.29, 0.717) is 5.92 Å². The Morgan fingerprint density at radius 1 is 0.786 bits per heavy atom. The number of aryl methyl sites for hydroxylation is 1. The van der Waals surface area contributed by atoms with Crippen molar-refractivity contribution in [3.8, 4) is 33.4 Å². The van der Waals surface area contributed by atoms with Crippen molar-refractivity contribution in [3.63, 3.8) is 0 Å². The van der Waals surface area contributed by atoms with Crippen LogP contribution in [0.25, 0.3) is 44.2 Å². The second-order valence-electron chi connectivity index (χ2n) is 10.5. The standard InChI is InChI=1S/C26H25.C12H7Si.2ClH.Zr/c1-4-19-14-15-21-16-22(20-10-6-5-7-11-20)17-25(21)26(19)24-13-9-8-12-23(24)18(2)3;1-3-7-11-9(5-1)10-6-2-4-8-12(10)13-11;;;/h5-18H,4H2,1-3H3;1-7H;2*1H;/q2*-1;;;+4/p-2. The van der Waals surface area contributed by atoms with Gasteiger partial charge in [0.1, 0.15) is 0 Å². The monoisotopic (exact) mass is 676 g/mol. The van der Waals surface area contributed by atoms with Crippen molar-refractivity contribution in [2.75, 3.05) is 0 Å². The van der Waals surface area contributed by atoms with E-state index in [0.717, 1.165) is 15.9 Å². The molecule has 0 fully saturated rings. The Bertz CT molecular complexity index is 1730. The van der Waals surface area contributed by atoms with E-state index in [4.69, 9.17) is 17.0 Å². The van der Waals surface area contributed by atoms with Crippen molar-refractivity contribution in [2.45, 2.75) is 33.1 Å². The van der Waals surface area contributed by atoms with Crippen LogP contribution >= 0.6 is 17.0 Å². The number of benzene rings is 5. The van der Waals surface area contributed by atoms with E-state index in [1.54, 1.807) is 0 Å². The molecular weight excluding hydrogens is 647 g/mol. The third-order valence-electron chi connectivity index (χ3n) is 7.65. The van der Waals surface area contributed by atoms with Crippen LogP contribution in [0.5, 0.6) is 0 Å². The largest absolute Gasteiger partial charge is 0.184 e. The van der Waals surface area contributed by atoms with Gasteiger partial charge in [-0.05, 0) is 29.0 Å². The van der Waals surface area contributed by atoms with Crippen LogP contribution in [-0.2, 0) is 27.3 Å². The summed E-state index contributed by atoms with van der Waals surface area (Å²) in [5.74, 6) is 0.509. The van der Waals surface area contributed by atoms with Crippen LogP contribution in [0.4, 0.5) is 0 Å². The number of halogens is 2. The van der Waals surface area contributed by atoms with E-state index in [-0.39, 0.29) is 0 Å². The summed E-state index contributed by atoms with van der Waals surface area (Å²) in [7, 11) is 10.7. The van der Waals surface area contributed by atoms with Crippen molar-refractivity contribution in [3.05, 3.63) is 139 Å². The molecule has 206 valence electrons. The summed E-state index contributed by atoms with van der Waals surface area (Å²) in [6.45, 7) is 6.82. The first kappa shape index (κ1) is 30.8. The number of hydrogen-bond donors (Lipinski definition) is 0. The predicted molar refractivity (Wildman–Crippen MR) is 181 cm³/mol. The Labute approximate surface area is 271 Å². The van der Waals surface area contributed by atoms with Gasteiger partial charge in [0.05, 0.1) is 9.52 Å². The normalized spacial score (nSPS) is 11.1. The summed E-state index contributed by atoms with van der Waals surface area (Å²) in [6, 6.07) is 47.0. The molecule has 6 aromatic rings.